The van der Waals surface area contributed by atoms with E-state index in [0.717, 1.165) is 5.75 Å². The first-order valence-electron chi connectivity index (χ1n) is 7.34. The van der Waals surface area contributed by atoms with Crippen LogP contribution in [0.5, 0.6) is 5.75 Å². The highest BCUT2D eigenvalue weighted by Gasteiger charge is 2.09. The van der Waals surface area contributed by atoms with Crippen molar-refractivity contribution in [3.8, 4) is 5.75 Å². The molecule has 0 unspecified atom stereocenters. The molecule has 0 fully saturated rings. The number of amides is 2. The Morgan fingerprint density at radius 2 is 1.79 bits per heavy atom. The van der Waals surface area contributed by atoms with Gasteiger partial charge >= 0.3 is 6.03 Å². The summed E-state index contributed by atoms with van der Waals surface area (Å²) in [6, 6.07) is 16.6. The third kappa shape index (κ3) is 4.53. The molecule has 7 heteroatoms. The van der Waals surface area contributed by atoms with E-state index in [-0.39, 0.29) is 6.03 Å². The van der Waals surface area contributed by atoms with Crippen molar-refractivity contribution in [1.82, 2.24) is 10.2 Å². The van der Waals surface area contributed by atoms with Gasteiger partial charge in [0.2, 0.25) is 5.13 Å². The van der Waals surface area contributed by atoms with Gasteiger partial charge < -0.3 is 10.1 Å². The van der Waals surface area contributed by atoms with Crippen molar-refractivity contribution >= 4 is 28.2 Å². The summed E-state index contributed by atoms with van der Waals surface area (Å²) < 4.78 is 5.64. The molecule has 1 heterocycles. The van der Waals surface area contributed by atoms with Crippen LogP contribution in [0, 0.1) is 6.92 Å². The van der Waals surface area contributed by atoms with Gasteiger partial charge in [-0.15, -0.1) is 10.2 Å². The van der Waals surface area contributed by atoms with Crippen molar-refractivity contribution in [2.45, 2.75) is 13.5 Å². The van der Waals surface area contributed by atoms with E-state index >= 15 is 0 Å². The van der Waals surface area contributed by atoms with Gasteiger partial charge in [0.15, 0.2) is 5.01 Å². The van der Waals surface area contributed by atoms with Crippen LogP contribution in [0.2, 0.25) is 0 Å². The summed E-state index contributed by atoms with van der Waals surface area (Å²) in [6.45, 7) is 2.33. The van der Waals surface area contributed by atoms with E-state index < -0.39 is 0 Å². The van der Waals surface area contributed by atoms with Gasteiger partial charge in [-0.05, 0) is 31.2 Å². The van der Waals surface area contributed by atoms with Crippen molar-refractivity contribution < 1.29 is 9.53 Å². The Bertz CT molecular complexity index is 803. The standard InChI is InChI=1S/C17H16N4O2S/c1-12-7-9-14(10-8-12)23-11-15-20-21-17(24-15)19-16(22)18-13-5-3-2-4-6-13/h2-10H,11H2,1H3,(H2,18,19,21,22). The molecule has 2 amide bonds. The monoisotopic (exact) mass is 340 g/mol. The van der Waals surface area contributed by atoms with E-state index in [0.29, 0.717) is 22.4 Å². The largest absolute Gasteiger partial charge is 0.486 e. The number of aromatic nitrogens is 2. The number of rotatable bonds is 5. The summed E-state index contributed by atoms with van der Waals surface area (Å²) in [6.07, 6.45) is 0. The smallest absolute Gasteiger partial charge is 0.325 e. The average molecular weight is 340 g/mol. The molecule has 3 aromatic rings. The highest BCUT2D eigenvalue weighted by molar-refractivity contribution is 7.15. The van der Waals surface area contributed by atoms with E-state index in [1.54, 1.807) is 12.1 Å². The van der Waals surface area contributed by atoms with Crippen LogP contribution in [-0.4, -0.2) is 16.2 Å². The van der Waals surface area contributed by atoms with Crippen LogP contribution >= 0.6 is 11.3 Å². The lowest BCUT2D eigenvalue weighted by atomic mass is 10.2. The van der Waals surface area contributed by atoms with Crippen molar-refractivity contribution in [3.63, 3.8) is 0 Å². The summed E-state index contributed by atoms with van der Waals surface area (Å²) in [7, 11) is 0. The molecule has 0 saturated heterocycles. The Balaban J connectivity index is 1.51. The second kappa shape index (κ2) is 7.56. The van der Waals surface area contributed by atoms with Crippen LogP contribution in [-0.2, 0) is 6.61 Å². The zero-order valence-corrected chi connectivity index (χ0v) is 13.8. The van der Waals surface area contributed by atoms with Gasteiger partial charge in [0.25, 0.3) is 0 Å². The number of carbonyl (C=O) groups is 1. The number of benzene rings is 2. The number of anilines is 2. The number of hydrogen-bond donors (Lipinski definition) is 2. The lowest BCUT2D eigenvalue weighted by Gasteiger charge is -2.04. The molecule has 1 aromatic heterocycles. The number of carbonyl (C=O) groups excluding carboxylic acids is 1. The molecule has 122 valence electrons. The molecule has 6 nitrogen and oxygen atoms in total. The molecule has 2 N–H and O–H groups in total. The van der Waals surface area contributed by atoms with Crippen molar-refractivity contribution in [2.24, 2.45) is 0 Å². The molecule has 0 saturated carbocycles. The Morgan fingerprint density at radius 3 is 2.54 bits per heavy atom. The quantitative estimate of drug-likeness (QED) is 0.734. The van der Waals surface area contributed by atoms with E-state index in [1.165, 1.54) is 16.9 Å². The Hall–Kier alpha value is -2.93. The molecule has 0 aliphatic carbocycles. The highest BCUT2D eigenvalue weighted by Crippen LogP contribution is 2.19. The molecule has 0 aliphatic rings. The third-order valence-corrected chi connectivity index (χ3v) is 3.91. The summed E-state index contributed by atoms with van der Waals surface area (Å²) in [4.78, 5) is 11.9. The SMILES string of the molecule is Cc1ccc(OCc2nnc(NC(=O)Nc3ccccc3)s2)cc1. The van der Waals surface area contributed by atoms with Gasteiger partial charge in [-0.1, -0.05) is 47.2 Å². The fourth-order valence-corrected chi connectivity index (χ4v) is 2.57. The lowest BCUT2D eigenvalue weighted by molar-refractivity contribution is 0.262. The normalized spacial score (nSPS) is 10.2. The average Bonchev–Trinajstić information content (AvgIpc) is 3.02. The van der Waals surface area contributed by atoms with Gasteiger partial charge in [-0.2, -0.15) is 0 Å². The van der Waals surface area contributed by atoms with Gasteiger partial charge in [0.05, 0.1) is 0 Å². The molecule has 0 bridgehead atoms. The number of ether oxygens (including phenoxy) is 1. The number of aryl methyl sites for hydroxylation is 1. The van der Waals surface area contributed by atoms with Gasteiger partial charge in [0, 0.05) is 5.69 Å². The van der Waals surface area contributed by atoms with E-state index in [2.05, 4.69) is 20.8 Å². The minimum absolute atomic E-state index is 0.308. The fourth-order valence-electron chi connectivity index (χ4n) is 1.92. The molecule has 24 heavy (non-hydrogen) atoms. The van der Waals surface area contributed by atoms with Crippen molar-refractivity contribution in [1.29, 1.82) is 0 Å². The van der Waals surface area contributed by atoms with Gasteiger partial charge in [0.1, 0.15) is 12.4 Å². The van der Waals surface area contributed by atoms with Crippen molar-refractivity contribution in [2.75, 3.05) is 10.6 Å². The third-order valence-electron chi connectivity index (χ3n) is 3.10. The minimum Gasteiger partial charge on any atom is -0.486 e. The Kier molecular flexibility index (Phi) is 5.02. The van der Waals surface area contributed by atoms with Gasteiger partial charge in [-0.3, -0.25) is 5.32 Å². The molecule has 2 aromatic carbocycles. The second-order valence-corrected chi connectivity index (χ2v) is 6.11. The molecule has 3 rings (SSSR count). The van der Waals surface area contributed by atoms with Crippen LogP contribution in [0.4, 0.5) is 15.6 Å². The van der Waals surface area contributed by atoms with Crippen LogP contribution in [0.3, 0.4) is 0 Å². The molecule has 0 spiro atoms. The van der Waals surface area contributed by atoms with Crippen LogP contribution in [0.25, 0.3) is 0 Å². The van der Waals surface area contributed by atoms with E-state index in [9.17, 15) is 4.79 Å². The van der Waals surface area contributed by atoms with Crippen LogP contribution < -0.4 is 15.4 Å². The topological polar surface area (TPSA) is 76.1 Å². The maximum Gasteiger partial charge on any atom is 0.325 e. The summed E-state index contributed by atoms with van der Waals surface area (Å²) >= 11 is 1.27. The number of urea groups is 1. The second-order valence-electron chi connectivity index (χ2n) is 5.05. The van der Waals surface area contributed by atoms with Crippen LogP contribution in [0.1, 0.15) is 10.6 Å². The molecule has 0 radical (unpaired) electrons. The maximum atomic E-state index is 11.9. The maximum absolute atomic E-state index is 11.9. The van der Waals surface area contributed by atoms with E-state index in [1.807, 2.05) is 49.4 Å². The Labute approximate surface area is 143 Å². The summed E-state index contributed by atoms with van der Waals surface area (Å²) in [5.41, 5.74) is 1.89. The Morgan fingerprint density at radius 1 is 1.04 bits per heavy atom. The summed E-state index contributed by atoms with van der Waals surface area (Å²) in [5.74, 6) is 0.770. The number of para-hydroxylation sites is 1. The highest BCUT2D eigenvalue weighted by atomic mass is 32.1. The number of nitrogens with zero attached hydrogens (tertiary/aromatic N) is 2. The summed E-state index contributed by atoms with van der Waals surface area (Å²) in [5, 5.41) is 14.4. The fraction of sp³-hybridized carbons (Fsp3) is 0.118. The first-order valence-corrected chi connectivity index (χ1v) is 8.15. The first-order chi connectivity index (χ1) is 11.7. The lowest BCUT2D eigenvalue weighted by Crippen LogP contribution is -2.19. The predicted octanol–water partition coefficient (Wildman–Crippen LogP) is 4.07. The van der Waals surface area contributed by atoms with Crippen LogP contribution in [0.15, 0.2) is 54.6 Å². The predicted molar refractivity (Wildman–Crippen MR) is 94.5 cm³/mol. The molecular formula is C17H16N4O2S. The number of hydrogen-bond acceptors (Lipinski definition) is 5. The van der Waals surface area contributed by atoms with E-state index in [4.69, 9.17) is 4.74 Å². The minimum atomic E-state index is -0.358. The molecular weight excluding hydrogens is 324 g/mol. The van der Waals surface area contributed by atoms with Gasteiger partial charge in [-0.25, -0.2) is 4.79 Å². The first kappa shape index (κ1) is 15.9. The zero-order valence-electron chi connectivity index (χ0n) is 13.0. The number of nitrogens with one attached hydrogen (secondary N) is 2. The zero-order chi connectivity index (χ0) is 16.8. The molecule has 0 aliphatic heterocycles. The molecule has 0 atom stereocenters. The van der Waals surface area contributed by atoms with Crippen molar-refractivity contribution in [3.05, 3.63) is 65.2 Å².